The Morgan fingerprint density at radius 2 is 1.86 bits per heavy atom. The zero-order valence-corrected chi connectivity index (χ0v) is 19.2. The van der Waals surface area contributed by atoms with Gasteiger partial charge in [-0.2, -0.15) is 18.4 Å². The minimum absolute atomic E-state index is 0.0107. The van der Waals surface area contributed by atoms with Gasteiger partial charge in [-0.1, -0.05) is 0 Å². The summed E-state index contributed by atoms with van der Waals surface area (Å²) in [7, 11) is 0. The zero-order chi connectivity index (χ0) is 26.0. The first kappa shape index (κ1) is 23.9. The first-order valence-electron chi connectivity index (χ1n) is 11.2. The first-order valence-corrected chi connectivity index (χ1v) is 11.2. The van der Waals surface area contributed by atoms with Crippen molar-refractivity contribution >= 4 is 23.5 Å². The fourth-order valence-electron chi connectivity index (χ4n) is 5.86. The van der Waals surface area contributed by atoms with Crippen LogP contribution in [-0.4, -0.2) is 34.0 Å². The van der Waals surface area contributed by atoms with Crippen LogP contribution < -0.4 is 4.90 Å². The van der Waals surface area contributed by atoms with Crippen LogP contribution in [0.15, 0.2) is 42.7 Å². The number of amides is 2. The van der Waals surface area contributed by atoms with Gasteiger partial charge in [-0.05, 0) is 56.2 Å². The number of rotatable bonds is 4. The zero-order valence-electron chi connectivity index (χ0n) is 19.2. The number of ether oxygens (including phenoxy) is 2. The molecule has 186 valence electrons. The number of alkyl halides is 3. The maximum atomic E-state index is 13.5. The molecule has 0 saturated carbocycles. The van der Waals surface area contributed by atoms with Crippen molar-refractivity contribution in [3.8, 4) is 6.07 Å². The molecular weight excluding hydrogens is 479 g/mol. The molecule has 1 aromatic heterocycles. The molecular formula is C25H20F3N3O5. The summed E-state index contributed by atoms with van der Waals surface area (Å²) in [5.74, 6) is -4.93. The first-order chi connectivity index (χ1) is 16.9. The Balaban J connectivity index is 1.45. The van der Waals surface area contributed by atoms with Crippen molar-refractivity contribution in [1.82, 2.24) is 4.98 Å². The number of imide groups is 1. The van der Waals surface area contributed by atoms with Crippen molar-refractivity contribution in [2.75, 3.05) is 4.90 Å². The Kier molecular flexibility index (Phi) is 5.23. The molecule has 3 fully saturated rings. The van der Waals surface area contributed by atoms with E-state index in [9.17, 15) is 27.6 Å². The fourth-order valence-corrected chi connectivity index (χ4v) is 5.86. The SMILES string of the molecule is C[C@]12O[C@](C)(C[C@H]1C(=O)OCc1ccncc1)[C@H]1C(=O)N(c3ccc(C#N)c(C(F)(F)F)c3)C(=O)[C@H]12. The lowest BCUT2D eigenvalue weighted by Crippen LogP contribution is -2.49. The van der Waals surface area contributed by atoms with Gasteiger partial charge in [0.2, 0.25) is 11.8 Å². The van der Waals surface area contributed by atoms with Crippen LogP contribution in [0, 0.1) is 29.1 Å². The van der Waals surface area contributed by atoms with Gasteiger partial charge in [0.1, 0.15) is 6.61 Å². The van der Waals surface area contributed by atoms with E-state index in [0.717, 1.165) is 22.6 Å². The van der Waals surface area contributed by atoms with E-state index in [2.05, 4.69) is 4.98 Å². The highest BCUT2D eigenvalue weighted by molar-refractivity contribution is 6.23. The number of carbonyl (C=O) groups excluding carboxylic acids is 3. The van der Waals surface area contributed by atoms with Crippen molar-refractivity contribution in [3.63, 3.8) is 0 Å². The van der Waals surface area contributed by atoms with E-state index in [1.54, 1.807) is 38.4 Å². The van der Waals surface area contributed by atoms with E-state index in [1.165, 1.54) is 6.07 Å². The standard InChI is InChI=1S/C25H20F3N3O5/c1-23-10-17(22(34)35-12-13-5-7-30-8-6-13)24(2,36-23)19-18(23)20(32)31(21(19)33)15-4-3-14(11-29)16(9-15)25(26,27)28/h3-9,17-19H,10,12H2,1-2H3/t17-,18+,19-,23+,24-/m0/s1. The number of hydrogen-bond donors (Lipinski definition) is 0. The predicted molar refractivity (Wildman–Crippen MR) is 116 cm³/mol. The number of nitrogens with zero attached hydrogens (tertiary/aromatic N) is 3. The largest absolute Gasteiger partial charge is 0.461 e. The molecule has 2 amide bonds. The highest BCUT2D eigenvalue weighted by atomic mass is 19.4. The number of nitriles is 1. The van der Waals surface area contributed by atoms with E-state index in [4.69, 9.17) is 14.7 Å². The number of fused-ring (bicyclic) bond motifs is 5. The quantitative estimate of drug-likeness (QED) is 0.469. The monoisotopic (exact) mass is 499 g/mol. The summed E-state index contributed by atoms with van der Waals surface area (Å²) >= 11 is 0. The smallest absolute Gasteiger partial charge is 0.417 e. The third-order valence-electron chi connectivity index (χ3n) is 7.44. The van der Waals surface area contributed by atoms with E-state index in [1.807, 2.05) is 0 Å². The topological polar surface area (TPSA) is 110 Å². The molecule has 8 nitrogen and oxygen atoms in total. The van der Waals surface area contributed by atoms with Gasteiger partial charge in [-0.25, -0.2) is 4.90 Å². The number of halogens is 3. The summed E-state index contributed by atoms with van der Waals surface area (Å²) in [6.45, 7) is 3.18. The van der Waals surface area contributed by atoms with Gasteiger partial charge in [0, 0.05) is 12.4 Å². The summed E-state index contributed by atoms with van der Waals surface area (Å²) in [6.07, 6.45) is -1.62. The van der Waals surface area contributed by atoms with E-state index >= 15 is 0 Å². The third kappa shape index (κ3) is 3.39. The maximum absolute atomic E-state index is 13.5. The van der Waals surface area contributed by atoms with Crippen LogP contribution in [0.1, 0.15) is 37.0 Å². The number of anilines is 1. The van der Waals surface area contributed by atoms with Gasteiger partial charge in [0.05, 0.1) is 51.8 Å². The summed E-state index contributed by atoms with van der Waals surface area (Å²) in [6, 6.07) is 7.55. The molecule has 3 aliphatic heterocycles. The van der Waals surface area contributed by atoms with Crippen molar-refractivity contribution in [2.45, 2.75) is 44.3 Å². The average molecular weight is 499 g/mol. The molecule has 11 heteroatoms. The van der Waals surface area contributed by atoms with Gasteiger partial charge in [0.25, 0.3) is 0 Å². The third-order valence-corrected chi connectivity index (χ3v) is 7.44. The van der Waals surface area contributed by atoms with Gasteiger partial charge >= 0.3 is 12.1 Å². The molecule has 1 aromatic carbocycles. The molecule has 5 atom stereocenters. The summed E-state index contributed by atoms with van der Waals surface area (Å²) < 4.78 is 52.1. The Hall–Kier alpha value is -3.78. The minimum Gasteiger partial charge on any atom is -0.461 e. The van der Waals surface area contributed by atoms with Crippen LogP contribution in [0.4, 0.5) is 18.9 Å². The molecule has 0 unspecified atom stereocenters. The van der Waals surface area contributed by atoms with Crippen LogP contribution in [0.25, 0.3) is 0 Å². The van der Waals surface area contributed by atoms with Gasteiger partial charge in [-0.15, -0.1) is 0 Å². The molecule has 3 aliphatic rings. The van der Waals surface area contributed by atoms with Crippen molar-refractivity contribution in [1.29, 1.82) is 5.26 Å². The lowest BCUT2D eigenvalue weighted by Gasteiger charge is -2.33. The Labute approximate surface area is 203 Å². The molecule has 36 heavy (non-hydrogen) atoms. The lowest BCUT2D eigenvalue weighted by atomic mass is 9.64. The van der Waals surface area contributed by atoms with Gasteiger partial charge in [-0.3, -0.25) is 19.4 Å². The van der Waals surface area contributed by atoms with Crippen LogP contribution in [-0.2, 0) is 36.6 Å². The molecule has 2 bridgehead atoms. The van der Waals surface area contributed by atoms with Crippen molar-refractivity contribution in [3.05, 3.63) is 59.4 Å². The second kappa shape index (κ2) is 7.86. The van der Waals surface area contributed by atoms with Crippen molar-refractivity contribution < 1.29 is 37.0 Å². The second-order valence-corrected chi connectivity index (χ2v) is 9.63. The Morgan fingerprint density at radius 3 is 2.50 bits per heavy atom. The molecule has 4 heterocycles. The highest BCUT2D eigenvalue weighted by Crippen LogP contribution is 2.63. The number of esters is 1. The van der Waals surface area contributed by atoms with Crippen LogP contribution in [0.2, 0.25) is 0 Å². The minimum atomic E-state index is -4.85. The normalized spacial score (nSPS) is 30.9. The van der Waals surface area contributed by atoms with Crippen LogP contribution in [0.5, 0.6) is 0 Å². The fraction of sp³-hybridized carbons (Fsp3) is 0.400. The molecule has 0 spiro atoms. The lowest BCUT2D eigenvalue weighted by molar-refractivity contribution is -0.158. The van der Waals surface area contributed by atoms with Crippen LogP contribution >= 0.6 is 0 Å². The molecule has 0 radical (unpaired) electrons. The molecule has 0 aliphatic carbocycles. The molecule has 3 saturated heterocycles. The molecule has 2 aromatic rings. The number of carbonyl (C=O) groups is 3. The molecule has 5 rings (SSSR count). The summed E-state index contributed by atoms with van der Waals surface area (Å²) in [4.78, 5) is 44.6. The number of aromatic nitrogens is 1. The predicted octanol–water partition coefficient (Wildman–Crippen LogP) is 3.39. The highest BCUT2D eigenvalue weighted by Gasteiger charge is 2.77. The van der Waals surface area contributed by atoms with Crippen molar-refractivity contribution in [2.24, 2.45) is 17.8 Å². The van der Waals surface area contributed by atoms with E-state index in [-0.39, 0.29) is 18.7 Å². The number of benzene rings is 1. The Bertz CT molecular complexity index is 1320. The average Bonchev–Trinajstić information content (AvgIpc) is 3.37. The van der Waals surface area contributed by atoms with E-state index < -0.39 is 64.0 Å². The summed E-state index contributed by atoms with van der Waals surface area (Å²) in [5.41, 5.74) is -3.99. The van der Waals surface area contributed by atoms with E-state index in [0.29, 0.717) is 6.07 Å². The molecule has 0 N–H and O–H groups in total. The van der Waals surface area contributed by atoms with Gasteiger partial charge in [0.15, 0.2) is 0 Å². The number of pyridine rings is 1. The number of hydrogen-bond acceptors (Lipinski definition) is 7. The second-order valence-electron chi connectivity index (χ2n) is 9.63. The van der Waals surface area contributed by atoms with Gasteiger partial charge < -0.3 is 9.47 Å². The van der Waals surface area contributed by atoms with Crippen LogP contribution in [0.3, 0.4) is 0 Å². The Morgan fingerprint density at radius 1 is 1.19 bits per heavy atom. The summed E-state index contributed by atoms with van der Waals surface area (Å²) in [5, 5.41) is 9.06. The maximum Gasteiger partial charge on any atom is 0.417 e.